The van der Waals surface area contributed by atoms with Crippen LogP contribution in [-0.2, 0) is 6.18 Å². The van der Waals surface area contributed by atoms with Gasteiger partial charge >= 0.3 is 6.18 Å². The zero-order valence-electron chi connectivity index (χ0n) is 16.3. The van der Waals surface area contributed by atoms with Crippen molar-refractivity contribution in [3.05, 3.63) is 59.8 Å². The van der Waals surface area contributed by atoms with E-state index in [2.05, 4.69) is 20.2 Å². The molecule has 1 saturated heterocycles. The third-order valence-corrected chi connectivity index (χ3v) is 5.05. The van der Waals surface area contributed by atoms with E-state index in [0.29, 0.717) is 29.9 Å². The van der Waals surface area contributed by atoms with E-state index in [4.69, 9.17) is 0 Å². The number of carbonyl (C=O) groups excluding carboxylic acids is 1. The molecule has 0 atom stereocenters. The van der Waals surface area contributed by atoms with E-state index >= 15 is 0 Å². The molecule has 2 aromatic carbocycles. The Balaban J connectivity index is 1.74. The van der Waals surface area contributed by atoms with Gasteiger partial charge in [-0.05, 0) is 31.3 Å². The molecule has 1 fully saturated rings. The number of para-hydroxylation sites is 3. The lowest BCUT2D eigenvalue weighted by Gasteiger charge is -2.33. The Hall–Kier alpha value is -3.20. The van der Waals surface area contributed by atoms with Crippen molar-refractivity contribution in [1.82, 2.24) is 14.9 Å². The van der Waals surface area contributed by atoms with Crippen LogP contribution in [0.2, 0.25) is 0 Å². The summed E-state index contributed by atoms with van der Waals surface area (Å²) in [6.07, 6.45) is -4.58. The van der Waals surface area contributed by atoms with Gasteiger partial charge < -0.3 is 15.1 Å². The zero-order chi connectivity index (χ0) is 21.3. The van der Waals surface area contributed by atoms with Gasteiger partial charge in [0.2, 0.25) is 0 Å². The molecule has 30 heavy (non-hydrogen) atoms. The van der Waals surface area contributed by atoms with Gasteiger partial charge in [-0.15, -0.1) is 0 Å². The number of piperazine rings is 1. The van der Waals surface area contributed by atoms with E-state index in [0.717, 1.165) is 19.2 Å². The van der Waals surface area contributed by atoms with Crippen LogP contribution >= 0.6 is 0 Å². The van der Waals surface area contributed by atoms with Gasteiger partial charge in [0.15, 0.2) is 11.5 Å². The van der Waals surface area contributed by atoms with E-state index in [1.807, 2.05) is 18.0 Å². The standard InChI is InChI=1S/C21H20F3N5O/c1-28-10-12-29(13-11-28)19-18(25-16-8-4-5-9-17(16)26-19)20(30)27-15-7-3-2-6-14(15)21(22,23)24/h2-9H,10-13H2,1H3,(H,27,30). The molecule has 0 saturated carbocycles. The van der Waals surface area contributed by atoms with Gasteiger partial charge in [-0.2, -0.15) is 13.2 Å². The number of benzene rings is 2. The molecule has 1 aromatic heterocycles. The second-order valence-corrected chi connectivity index (χ2v) is 7.17. The summed E-state index contributed by atoms with van der Waals surface area (Å²) in [4.78, 5) is 26.2. The van der Waals surface area contributed by atoms with Crippen molar-refractivity contribution in [2.45, 2.75) is 6.18 Å². The molecule has 3 aromatic rings. The van der Waals surface area contributed by atoms with Gasteiger partial charge in [-0.1, -0.05) is 24.3 Å². The number of hydrogen-bond acceptors (Lipinski definition) is 5. The lowest BCUT2D eigenvalue weighted by atomic mass is 10.1. The number of hydrogen-bond donors (Lipinski definition) is 1. The van der Waals surface area contributed by atoms with E-state index < -0.39 is 17.6 Å². The fourth-order valence-electron chi connectivity index (χ4n) is 3.40. The molecule has 6 nitrogen and oxygen atoms in total. The summed E-state index contributed by atoms with van der Waals surface area (Å²) in [5.74, 6) is -0.345. The molecular formula is C21H20F3N5O. The normalized spacial score (nSPS) is 15.4. The number of amides is 1. The second-order valence-electron chi connectivity index (χ2n) is 7.17. The Morgan fingerprint density at radius 2 is 1.53 bits per heavy atom. The monoisotopic (exact) mass is 415 g/mol. The molecule has 0 bridgehead atoms. The third-order valence-electron chi connectivity index (χ3n) is 5.05. The van der Waals surface area contributed by atoms with Crippen molar-refractivity contribution in [2.75, 3.05) is 43.4 Å². The van der Waals surface area contributed by atoms with Gasteiger partial charge in [0, 0.05) is 26.2 Å². The first-order chi connectivity index (χ1) is 14.3. The van der Waals surface area contributed by atoms with Gasteiger partial charge in [0.1, 0.15) is 0 Å². The highest BCUT2D eigenvalue weighted by molar-refractivity contribution is 6.07. The first-order valence-corrected chi connectivity index (χ1v) is 9.51. The lowest BCUT2D eigenvalue weighted by Crippen LogP contribution is -2.45. The number of carbonyl (C=O) groups is 1. The fourth-order valence-corrected chi connectivity index (χ4v) is 3.40. The van der Waals surface area contributed by atoms with Crippen molar-refractivity contribution < 1.29 is 18.0 Å². The molecule has 0 aliphatic carbocycles. The van der Waals surface area contributed by atoms with Gasteiger partial charge in [-0.3, -0.25) is 4.79 Å². The number of nitrogens with one attached hydrogen (secondary N) is 1. The van der Waals surface area contributed by atoms with Gasteiger partial charge in [0.05, 0.1) is 22.3 Å². The highest BCUT2D eigenvalue weighted by Crippen LogP contribution is 2.35. The maximum Gasteiger partial charge on any atom is 0.418 e. The Morgan fingerprint density at radius 3 is 2.20 bits per heavy atom. The second kappa shape index (κ2) is 7.91. The number of rotatable bonds is 3. The molecule has 4 rings (SSSR count). The van der Waals surface area contributed by atoms with Crippen LogP contribution < -0.4 is 10.2 Å². The lowest BCUT2D eigenvalue weighted by molar-refractivity contribution is -0.136. The minimum Gasteiger partial charge on any atom is -0.352 e. The van der Waals surface area contributed by atoms with Crippen LogP contribution in [0.15, 0.2) is 48.5 Å². The zero-order valence-corrected chi connectivity index (χ0v) is 16.3. The molecule has 2 heterocycles. The number of fused-ring (bicyclic) bond motifs is 1. The summed E-state index contributed by atoms with van der Waals surface area (Å²) in [6, 6.07) is 12.0. The Bertz CT molecular complexity index is 1080. The molecule has 0 radical (unpaired) electrons. The number of alkyl halides is 3. The van der Waals surface area contributed by atoms with Crippen LogP contribution in [0.4, 0.5) is 24.7 Å². The largest absolute Gasteiger partial charge is 0.418 e. The number of likely N-dealkylation sites (N-methyl/N-ethyl adjacent to an activating group) is 1. The first-order valence-electron chi connectivity index (χ1n) is 9.51. The molecule has 1 aliphatic heterocycles. The molecule has 0 unspecified atom stereocenters. The van der Waals surface area contributed by atoms with E-state index in [9.17, 15) is 18.0 Å². The molecule has 156 valence electrons. The Labute approximate surface area is 171 Å². The van der Waals surface area contributed by atoms with Crippen LogP contribution in [0.1, 0.15) is 16.1 Å². The molecule has 1 amide bonds. The van der Waals surface area contributed by atoms with Crippen molar-refractivity contribution >= 4 is 28.4 Å². The Morgan fingerprint density at radius 1 is 0.933 bits per heavy atom. The maximum atomic E-state index is 13.3. The number of anilines is 2. The predicted octanol–water partition coefficient (Wildman–Crippen LogP) is 3.65. The van der Waals surface area contributed by atoms with E-state index in [1.165, 1.54) is 18.2 Å². The summed E-state index contributed by atoms with van der Waals surface area (Å²) in [5.41, 5.74) is -0.0823. The topological polar surface area (TPSA) is 61.4 Å². The number of aromatic nitrogens is 2. The summed E-state index contributed by atoms with van der Waals surface area (Å²) in [5, 5.41) is 2.39. The molecule has 9 heteroatoms. The van der Waals surface area contributed by atoms with Crippen molar-refractivity contribution in [1.29, 1.82) is 0 Å². The number of nitrogens with zero attached hydrogens (tertiary/aromatic N) is 4. The Kier molecular flexibility index (Phi) is 5.29. The fraction of sp³-hybridized carbons (Fsp3) is 0.286. The minimum atomic E-state index is -4.58. The SMILES string of the molecule is CN1CCN(c2nc3ccccc3nc2C(=O)Nc2ccccc2C(F)(F)F)CC1. The number of halogens is 3. The third kappa shape index (κ3) is 4.06. The molecular weight excluding hydrogens is 395 g/mol. The summed E-state index contributed by atoms with van der Waals surface area (Å²) >= 11 is 0. The van der Waals surface area contributed by atoms with E-state index in [-0.39, 0.29) is 11.4 Å². The first kappa shape index (κ1) is 20.1. The van der Waals surface area contributed by atoms with Gasteiger partial charge in [0.25, 0.3) is 5.91 Å². The van der Waals surface area contributed by atoms with Crippen molar-refractivity contribution in [3.63, 3.8) is 0 Å². The minimum absolute atomic E-state index is 0.00947. The van der Waals surface area contributed by atoms with E-state index in [1.54, 1.807) is 18.2 Å². The molecule has 0 spiro atoms. The maximum absolute atomic E-state index is 13.3. The van der Waals surface area contributed by atoms with Gasteiger partial charge in [-0.25, -0.2) is 9.97 Å². The quantitative estimate of drug-likeness (QED) is 0.708. The van der Waals surface area contributed by atoms with Crippen molar-refractivity contribution in [2.24, 2.45) is 0 Å². The average molecular weight is 415 g/mol. The highest BCUT2D eigenvalue weighted by atomic mass is 19.4. The molecule has 1 aliphatic rings. The predicted molar refractivity (Wildman–Crippen MR) is 109 cm³/mol. The molecule has 1 N–H and O–H groups in total. The summed E-state index contributed by atoms with van der Waals surface area (Å²) in [7, 11) is 2.01. The van der Waals surface area contributed by atoms with Crippen LogP contribution in [0.3, 0.4) is 0 Å². The summed E-state index contributed by atoms with van der Waals surface area (Å²) < 4.78 is 40.0. The smallest absolute Gasteiger partial charge is 0.352 e. The average Bonchev–Trinajstić information content (AvgIpc) is 2.73. The van der Waals surface area contributed by atoms with Crippen LogP contribution in [0.5, 0.6) is 0 Å². The van der Waals surface area contributed by atoms with Crippen LogP contribution in [-0.4, -0.2) is 54.0 Å². The van der Waals surface area contributed by atoms with Crippen molar-refractivity contribution in [3.8, 4) is 0 Å². The van der Waals surface area contributed by atoms with Crippen LogP contribution in [0.25, 0.3) is 11.0 Å². The van der Waals surface area contributed by atoms with Crippen LogP contribution in [0, 0.1) is 0 Å². The highest BCUT2D eigenvalue weighted by Gasteiger charge is 2.34. The summed E-state index contributed by atoms with van der Waals surface area (Å²) in [6.45, 7) is 2.85.